The summed E-state index contributed by atoms with van der Waals surface area (Å²) in [4.78, 5) is 9.60. The number of benzene rings is 2. The van der Waals surface area contributed by atoms with Crippen molar-refractivity contribution in [1.29, 1.82) is 0 Å². The van der Waals surface area contributed by atoms with Crippen molar-refractivity contribution in [1.82, 2.24) is 5.32 Å². The molecule has 0 bridgehead atoms. The highest BCUT2D eigenvalue weighted by Crippen LogP contribution is 2.45. The Bertz CT molecular complexity index is 657. The molecular formula is C16H19Cl3NO4P. The van der Waals surface area contributed by atoms with Gasteiger partial charge in [0.2, 0.25) is 0 Å². The molecule has 0 saturated carbocycles. The van der Waals surface area contributed by atoms with Gasteiger partial charge in [0.15, 0.2) is 5.75 Å². The quantitative estimate of drug-likeness (QED) is 0.355. The fourth-order valence-electron chi connectivity index (χ4n) is 1.53. The van der Waals surface area contributed by atoms with E-state index >= 15 is 0 Å². The molecule has 2 aromatic carbocycles. The van der Waals surface area contributed by atoms with Gasteiger partial charge in [0.05, 0.1) is 5.02 Å². The minimum absolute atomic E-state index is 0.0981. The molecule has 0 saturated heterocycles. The second kappa shape index (κ2) is 12.4. The average molecular weight is 427 g/mol. The zero-order valence-corrected chi connectivity index (χ0v) is 16.4. The van der Waals surface area contributed by atoms with Crippen LogP contribution in [0, 0.1) is 0 Å². The lowest BCUT2D eigenvalue weighted by atomic mass is 10.3. The molecular weight excluding hydrogens is 408 g/mol. The van der Waals surface area contributed by atoms with Crippen LogP contribution < -0.4 is 14.4 Å². The average Bonchev–Trinajstić information content (AvgIpc) is 2.58. The number of phosphoric ester groups is 1. The molecule has 2 N–H and O–H groups in total. The summed E-state index contributed by atoms with van der Waals surface area (Å²) in [5.74, 6) is 1.67. The van der Waals surface area contributed by atoms with Crippen LogP contribution in [0.5, 0.6) is 11.5 Å². The van der Waals surface area contributed by atoms with Gasteiger partial charge in [-0.25, -0.2) is 4.57 Å². The fraction of sp³-hybridized carbons (Fsp3) is 0.250. The highest BCUT2D eigenvalue weighted by molar-refractivity contribution is 7.48. The van der Waals surface area contributed by atoms with E-state index in [4.69, 9.17) is 43.9 Å². The standard InChI is InChI=1S/C12H10ClO4P.C4H9Cl2N/c13-11-8-4-5-9-12(11)17-18(14,15)16-10-6-2-1-3-7-10;5-1-3-7-4-2-6/h1-9H,(H,14,15);7H,1-4H2. The third kappa shape index (κ3) is 9.95. The van der Waals surface area contributed by atoms with Crippen molar-refractivity contribution in [2.24, 2.45) is 0 Å². The zero-order valence-electron chi connectivity index (χ0n) is 13.3. The maximum absolute atomic E-state index is 11.8. The monoisotopic (exact) mass is 425 g/mol. The Balaban J connectivity index is 0.000000381. The first-order valence-electron chi connectivity index (χ1n) is 7.32. The Hall–Kier alpha value is -0.940. The number of phosphoric acid groups is 1. The van der Waals surface area contributed by atoms with Crippen molar-refractivity contribution in [3.63, 3.8) is 0 Å². The minimum atomic E-state index is -4.25. The molecule has 0 heterocycles. The molecule has 0 aromatic heterocycles. The highest BCUT2D eigenvalue weighted by atomic mass is 35.5. The van der Waals surface area contributed by atoms with E-state index < -0.39 is 7.82 Å². The molecule has 0 spiro atoms. The molecule has 1 atom stereocenters. The number of halogens is 3. The van der Waals surface area contributed by atoms with Gasteiger partial charge in [0.1, 0.15) is 5.75 Å². The Kier molecular flexibility index (Phi) is 11.0. The molecule has 0 radical (unpaired) electrons. The number of para-hydroxylation sites is 2. The molecule has 5 nitrogen and oxygen atoms in total. The second-order valence-electron chi connectivity index (χ2n) is 4.52. The highest BCUT2D eigenvalue weighted by Gasteiger charge is 2.25. The van der Waals surface area contributed by atoms with E-state index in [9.17, 15) is 9.46 Å². The predicted octanol–water partition coefficient (Wildman–Crippen LogP) is 4.95. The Labute approximate surface area is 162 Å². The van der Waals surface area contributed by atoms with Crippen molar-refractivity contribution >= 4 is 42.6 Å². The molecule has 0 fully saturated rings. The van der Waals surface area contributed by atoms with Crippen LogP contribution in [0.4, 0.5) is 0 Å². The van der Waals surface area contributed by atoms with Crippen molar-refractivity contribution in [2.75, 3.05) is 24.8 Å². The van der Waals surface area contributed by atoms with E-state index in [1.165, 1.54) is 6.07 Å². The van der Waals surface area contributed by atoms with Crippen LogP contribution in [0.3, 0.4) is 0 Å². The van der Waals surface area contributed by atoms with Gasteiger partial charge in [-0.2, -0.15) is 0 Å². The summed E-state index contributed by atoms with van der Waals surface area (Å²) in [6.45, 7) is 1.71. The van der Waals surface area contributed by atoms with E-state index in [0.717, 1.165) is 13.1 Å². The number of nitrogens with one attached hydrogen (secondary N) is 1. The molecule has 0 amide bonds. The lowest BCUT2D eigenvalue weighted by Gasteiger charge is -2.14. The topological polar surface area (TPSA) is 67.8 Å². The Morgan fingerprint density at radius 1 is 0.920 bits per heavy atom. The summed E-state index contributed by atoms with van der Waals surface area (Å²) >= 11 is 16.5. The van der Waals surface area contributed by atoms with Crippen molar-refractivity contribution in [3.05, 3.63) is 59.6 Å². The summed E-state index contributed by atoms with van der Waals surface area (Å²) in [5.41, 5.74) is 0. The molecule has 138 valence electrons. The molecule has 0 aliphatic rings. The van der Waals surface area contributed by atoms with Gasteiger partial charge in [-0.1, -0.05) is 41.9 Å². The summed E-state index contributed by atoms with van der Waals surface area (Å²) in [6, 6.07) is 14.6. The van der Waals surface area contributed by atoms with Crippen LogP contribution in [-0.2, 0) is 4.57 Å². The van der Waals surface area contributed by atoms with Crippen LogP contribution in [0.1, 0.15) is 0 Å². The van der Waals surface area contributed by atoms with Gasteiger partial charge in [0.25, 0.3) is 0 Å². The summed E-state index contributed by atoms with van der Waals surface area (Å²) < 4.78 is 21.5. The van der Waals surface area contributed by atoms with Crippen molar-refractivity contribution < 1.29 is 18.5 Å². The largest absolute Gasteiger partial charge is 0.584 e. The van der Waals surface area contributed by atoms with Gasteiger partial charge >= 0.3 is 7.82 Å². The number of hydrogen-bond acceptors (Lipinski definition) is 4. The molecule has 0 aliphatic carbocycles. The maximum Gasteiger partial charge on any atom is 0.584 e. The fourth-order valence-corrected chi connectivity index (χ4v) is 2.86. The van der Waals surface area contributed by atoms with E-state index in [-0.39, 0.29) is 16.5 Å². The molecule has 2 aromatic rings. The van der Waals surface area contributed by atoms with Gasteiger partial charge < -0.3 is 14.4 Å². The number of alkyl halides is 2. The van der Waals surface area contributed by atoms with E-state index in [0.29, 0.717) is 11.8 Å². The first-order valence-corrected chi connectivity index (χ1v) is 10.3. The van der Waals surface area contributed by atoms with E-state index in [2.05, 4.69) is 5.32 Å². The lowest BCUT2D eigenvalue weighted by molar-refractivity contribution is 0.291. The molecule has 25 heavy (non-hydrogen) atoms. The molecule has 9 heteroatoms. The lowest BCUT2D eigenvalue weighted by Crippen LogP contribution is -2.18. The molecule has 1 unspecified atom stereocenters. The van der Waals surface area contributed by atoms with Crippen LogP contribution in [-0.4, -0.2) is 29.7 Å². The van der Waals surface area contributed by atoms with Crippen LogP contribution in [0.2, 0.25) is 5.02 Å². The Morgan fingerprint density at radius 2 is 1.48 bits per heavy atom. The van der Waals surface area contributed by atoms with E-state index in [1.807, 2.05) is 0 Å². The summed E-state index contributed by atoms with van der Waals surface area (Å²) in [7, 11) is -4.25. The Morgan fingerprint density at radius 3 is 2.04 bits per heavy atom. The third-order valence-electron chi connectivity index (χ3n) is 2.56. The van der Waals surface area contributed by atoms with Crippen molar-refractivity contribution in [3.8, 4) is 11.5 Å². The number of rotatable bonds is 8. The predicted molar refractivity (Wildman–Crippen MR) is 103 cm³/mol. The van der Waals surface area contributed by atoms with Crippen LogP contribution in [0.15, 0.2) is 54.6 Å². The normalized spacial score (nSPS) is 12.5. The SMILES string of the molecule is ClCCNCCCl.O=P(O)(Oc1ccccc1)Oc1ccccc1Cl. The van der Waals surface area contributed by atoms with Gasteiger partial charge in [-0.05, 0) is 24.3 Å². The third-order valence-corrected chi connectivity index (χ3v) is 4.12. The zero-order chi connectivity index (χ0) is 18.5. The van der Waals surface area contributed by atoms with Gasteiger partial charge in [-0.3, -0.25) is 4.89 Å². The minimum Gasteiger partial charge on any atom is -0.395 e. The first kappa shape index (κ1) is 22.1. The molecule has 2 rings (SSSR count). The van der Waals surface area contributed by atoms with E-state index in [1.54, 1.807) is 48.5 Å². The number of hydrogen-bond donors (Lipinski definition) is 2. The molecule has 0 aliphatic heterocycles. The summed E-state index contributed by atoms with van der Waals surface area (Å²) in [6.07, 6.45) is 0. The first-order chi connectivity index (χ1) is 12.0. The second-order valence-corrected chi connectivity index (χ2v) is 6.99. The maximum atomic E-state index is 11.8. The smallest absolute Gasteiger partial charge is 0.395 e. The van der Waals surface area contributed by atoms with Gasteiger partial charge in [0, 0.05) is 24.8 Å². The van der Waals surface area contributed by atoms with Gasteiger partial charge in [-0.15, -0.1) is 23.2 Å². The van der Waals surface area contributed by atoms with Crippen LogP contribution >= 0.6 is 42.6 Å². The van der Waals surface area contributed by atoms with Crippen LogP contribution in [0.25, 0.3) is 0 Å². The van der Waals surface area contributed by atoms with Crippen molar-refractivity contribution in [2.45, 2.75) is 0 Å². The summed E-state index contributed by atoms with van der Waals surface area (Å²) in [5, 5.41) is 3.26.